The zero-order valence-corrected chi connectivity index (χ0v) is 15.9. The van der Waals surface area contributed by atoms with Crippen LogP contribution >= 0.6 is 0 Å². The molecule has 3 nitrogen and oxygen atoms in total. The van der Waals surface area contributed by atoms with Gasteiger partial charge in [-0.3, -0.25) is 9.67 Å². The van der Waals surface area contributed by atoms with Crippen molar-refractivity contribution in [3.05, 3.63) is 71.7 Å². The minimum Gasteiger partial charge on any atom is -0.268 e. The van der Waals surface area contributed by atoms with E-state index in [2.05, 4.69) is 73.3 Å². The van der Waals surface area contributed by atoms with E-state index in [-0.39, 0.29) is 0 Å². The Balaban J connectivity index is 1.60. The van der Waals surface area contributed by atoms with Crippen LogP contribution in [0.1, 0.15) is 49.4 Å². The first-order chi connectivity index (χ1) is 12.5. The lowest BCUT2D eigenvalue weighted by atomic mass is 9.92. The molecule has 0 amide bonds. The summed E-state index contributed by atoms with van der Waals surface area (Å²) in [4.78, 5) is 4.61. The lowest BCUT2D eigenvalue weighted by Crippen LogP contribution is -2.00. The van der Waals surface area contributed by atoms with Gasteiger partial charge in [0, 0.05) is 29.7 Å². The van der Waals surface area contributed by atoms with Crippen LogP contribution in [-0.4, -0.2) is 14.8 Å². The van der Waals surface area contributed by atoms with Gasteiger partial charge in [0.05, 0.1) is 11.7 Å². The fraction of sp³-hybridized carbons (Fsp3) is 0.304. The standard InChI is InChI=1S/C23H25N3/c1-15(2)22-11-19-6-5-17(10-21(19)13-24-22)9-16(3)18-7-8-20-14-25-26(4)23(20)12-18/h5-8,10-16H,9H2,1-4H3/t16-/m1/s1. The Kier molecular flexibility index (Phi) is 4.23. The number of fused-ring (bicyclic) bond motifs is 2. The molecular weight excluding hydrogens is 318 g/mol. The molecule has 0 saturated heterocycles. The second kappa shape index (κ2) is 6.56. The molecule has 0 aliphatic rings. The molecule has 3 heteroatoms. The molecule has 0 unspecified atom stereocenters. The highest BCUT2D eigenvalue weighted by molar-refractivity contribution is 5.83. The van der Waals surface area contributed by atoms with Gasteiger partial charge in [0.2, 0.25) is 0 Å². The van der Waals surface area contributed by atoms with Crippen LogP contribution in [0.5, 0.6) is 0 Å². The molecule has 0 aliphatic heterocycles. The van der Waals surface area contributed by atoms with E-state index in [1.54, 1.807) is 0 Å². The maximum absolute atomic E-state index is 4.61. The summed E-state index contributed by atoms with van der Waals surface area (Å²) in [6.45, 7) is 6.66. The fourth-order valence-electron chi connectivity index (χ4n) is 3.59. The van der Waals surface area contributed by atoms with E-state index < -0.39 is 0 Å². The van der Waals surface area contributed by atoms with Crippen molar-refractivity contribution in [3.63, 3.8) is 0 Å². The minimum atomic E-state index is 0.453. The molecule has 4 rings (SSSR count). The van der Waals surface area contributed by atoms with Crippen molar-refractivity contribution in [2.24, 2.45) is 7.05 Å². The number of benzene rings is 2. The van der Waals surface area contributed by atoms with Crippen LogP contribution in [0, 0.1) is 0 Å². The van der Waals surface area contributed by atoms with Crippen molar-refractivity contribution in [2.75, 3.05) is 0 Å². The maximum Gasteiger partial charge on any atom is 0.0681 e. The molecule has 26 heavy (non-hydrogen) atoms. The number of pyridine rings is 1. The van der Waals surface area contributed by atoms with Gasteiger partial charge < -0.3 is 0 Å². The molecule has 0 spiro atoms. The molecule has 0 radical (unpaired) electrons. The van der Waals surface area contributed by atoms with Gasteiger partial charge in [-0.25, -0.2) is 0 Å². The van der Waals surface area contributed by atoms with Crippen LogP contribution in [0.3, 0.4) is 0 Å². The van der Waals surface area contributed by atoms with Crippen molar-refractivity contribution in [3.8, 4) is 0 Å². The normalized spacial score (nSPS) is 13.0. The number of aromatic nitrogens is 3. The Hall–Kier alpha value is -2.68. The molecule has 0 fully saturated rings. The van der Waals surface area contributed by atoms with E-state index in [0.29, 0.717) is 11.8 Å². The van der Waals surface area contributed by atoms with E-state index in [1.807, 2.05) is 24.1 Å². The molecule has 0 aliphatic carbocycles. The summed E-state index contributed by atoms with van der Waals surface area (Å²) < 4.78 is 1.94. The maximum atomic E-state index is 4.61. The van der Waals surface area contributed by atoms with Gasteiger partial charge in [0.15, 0.2) is 0 Å². The molecule has 4 aromatic rings. The van der Waals surface area contributed by atoms with Crippen LogP contribution in [0.4, 0.5) is 0 Å². The first-order valence-corrected chi connectivity index (χ1v) is 9.31. The molecule has 0 N–H and O–H groups in total. The quantitative estimate of drug-likeness (QED) is 0.483. The number of nitrogens with zero attached hydrogens (tertiary/aromatic N) is 3. The number of aryl methyl sites for hydroxylation is 1. The van der Waals surface area contributed by atoms with Gasteiger partial charge in [-0.1, -0.05) is 45.0 Å². The van der Waals surface area contributed by atoms with Gasteiger partial charge >= 0.3 is 0 Å². The summed E-state index contributed by atoms with van der Waals surface area (Å²) in [6.07, 6.45) is 4.96. The fourth-order valence-corrected chi connectivity index (χ4v) is 3.59. The largest absolute Gasteiger partial charge is 0.268 e. The third kappa shape index (κ3) is 3.10. The van der Waals surface area contributed by atoms with Gasteiger partial charge in [0.25, 0.3) is 0 Å². The molecule has 2 aromatic heterocycles. The molecule has 1 atom stereocenters. The van der Waals surface area contributed by atoms with Crippen LogP contribution in [-0.2, 0) is 13.5 Å². The zero-order chi connectivity index (χ0) is 18.3. The average Bonchev–Trinajstić information content (AvgIpc) is 3.01. The summed E-state index contributed by atoms with van der Waals surface area (Å²) in [7, 11) is 2.00. The van der Waals surface area contributed by atoms with Gasteiger partial charge in [-0.05, 0) is 53.0 Å². The number of hydrogen-bond acceptors (Lipinski definition) is 2. The smallest absolute Gasteiger partial charge is 0.0681 e. The second-order valence-electron chi connectivity index (χ2n) is 7.64. The Morgan fingerprint density at radius 3 is 2.50 bits per heavy atom. The predicted octanol–water partition coefficient (Wildman–Crippen LogP) is 5.59. The average molecular weight is 343 g/mol. The number of hydrogen-bond donors (Lipinski definition) is 0. The van der Waals surface area contributed by atoms with E-state index in [0.717, 1.165) is 12.1 Å². The predicted molar refractivity (Wildman–Crippen MR) is 109 cm³/mol. The molecule has 0 saturated carbocycles. The summed E-state index contributed by atoms with van der Waals surface area (Å²) in [5, 5.41) is 8.04. The summed E-state index contributed by atoms with van der Waals surface area (Å²) in [5.74, 6) is 0.913. The van der Waals surface area contributed by atoms with Crippen molar-refractivity contribution >= 4 is 21.7 Å². The second-order valence-corrected chi connectivity index (χ2v) is 7.64. The van der Waals surface area contributed by atoms with Gasteiger partial charge in [-0.15, -0.1) is 0 Å². The van der Waals surface area contributed by atoms with Crippen LogP contribution in [0.15, 0.2) is 54.9 Å². The first kappa shape index (κ1) is 16.8. The highest BCUT2D eigenvalue weighted by Gasteiger charge is 2.10. The van der Waals surface area contributed by atoms with Crippen molar-refractivity contribution < 1.29 is 0 Å². The third-order valence-corrected chi connectivity index (χ3v) is 5.28. The molecular formula is C23H25N3. The third-order valence-electron chi connectivity index (χ3n) is 5.28. The molecule has 2 heterocycles. The molecule has 2 aromatic carbocycles. The van der Waals surface area contributed by atoms with Gasteiger partial charge in [-0.2, -0.15) is 5.10 Å². The minimum absolute atomic E-state index is 0.453. The summed E-state index contributed by atoms with van der Waals surface area (Å²) in [5.41, 5.74) is 5.06. The van der Waals surface area contributed by atoms with E-state index >= 15 is 0 Å². The van der Waals surface area contributed by atoms with E-state index in [1.165, 1.54) is 32.8 Å². The Bertz CT molecular complexity index is 1080. The lowest BCUT2D eigenvalue weighted by Gasteiger charge is -2.13. The lowest BCUT2D eigenvalue weighted by molar-refractivity contribution is 0.757. The first-order valence-electron chi connectivity index (χ1n) is 9.31. The number of rotatable bonds is 4. The highest BCUT2D eigenvalue weighted by atomic mass is 15.2. The van der Waals surface area contributed by atoms with Crippen molar-refractivity contribution in [1.29, 1.82) is 0 Å². The van der Waals surface area contributed by atoms with Crippen LogP contribution < -0.4 is 0 Å². The van der Waals surface area contributed by atoms with Crippen LogP contribution in [0.25, 0.3) is 21.7 Å². The van der Waals surface area contributed by atoms with Crippen molar-refractivity contribution in [2.45, 2.75) is 39.0 Å². The Morgan fingerprint density at radius 2 is 1.69 bits per heavy atom. The van der Waals surface area contributed by atoms with Crippen molar-refractivity contribution in [1.82, 2.24) is 14.8 Å². The Morgan fingerprint density at radius 1 is 0.885 bits per heavy atom. The highest BCUT2D eigenvalue weighted by Crippen LogP contribution is 2.26. The molecule has 0 bridgehead atoms. The summed E-state index contributed by atoms with van der Waals surface area (Å²) >= 11 is 0. The van der Waals surface area contributed by atoms with E-state index in [4.69, 9.17) is 0 Å². The van der Waals surface area contributed by atoms with Gasteiger partial charge in [0.1, 0.15) is 0 Å². The monoisotopic (exact) mass is 343 g/mol. The van der Waals surface area contributed by atoms with E-state index in [9.17, 15) is 0 Å². The SMILES string of the molecule is CC(C)c1cc2ccc(C[C@@H](C)c3ccc4cnn(C)c4c3)cc2cn1. The zero-order valence-electron chi connectivity index (χ0n) is 15.9. The molecule has 132 valence electrons. The topological polar surface area (TPSA) is 30.7 Å². The summed E-state index contributed by atoms with van der Waals surface area (Å²) in [6, 6.07) is 15.7. The Labute approximate surface area is 154 Å². The van der Waals surface area contributed by atoms with Crippen LogP contribution in [0.2, 0.25) is 0 Å².